The Kier molecular flexibility index (Phi) is 6.07. The quantitative estimate of drug-likeness (QED) is 0.642. The molecule has 0 saturated carbocycles. The molecule has 3 amide bonds. The molecule has 0 aromatic carbocycles. The summed E-state index contributed by atoms with van der Waals surface area (Å²) in [6, 6.07) is -0.295. The highest BCUT2D eigenvalue weighted by atomic mass is 16.2. The molecule has 18 heavy (non-hydrogen) atoms. The third-order valence-electron chi connectivity index (χ3n) is 3.41. The number of carbonyl (C=O) groups excluding carboxylic acids is 2. The van der Waals surface area contributed by atoms with E-state index in [-0.39, 0.29) is 11.9 Å². The van der Waals surface area contributed by atoms with E-state index in [0.29, 0.717) is 6.04 Å². The second-order valence-electron chi connectivity index (χ2n) is 4.63. The largest absolute Gasteiger partial charge is 0.341 e. The highest BCUT2D eigenvalue weighted by Crippen LogP contribution is 2.09. The summed E-state index contributed by atoms with van der Waals surface area (Å²) in [5.41, 5.74) is 0. The predicted octanol–water partition coefficient (Wildman–Crippen LogP) is -0.0956. The SMILES string of the molecule is CCN(CC1CCCN1)C(C)C(=O)NC(=O)NC. The van der Waals surface area contributed by atoms with Crippen molar-refractivity contribution in [3.8, 4) is 0 Å². The smallest absolute Gasteiger partial charge is 0.321 e. The first-order valence-corrected chi connectivity index (χ1v) is 6.58. The maximum absolute atomic E-state index is 11.9. The predicted molar refractivity (Wildman–Crippen MR) is 70.3 cm³/mol. The minimum absolute atomic E-state index is 0.255. The van der Waals surface area contributed by atoms with Gasteiger partial charge in [0, 0.05) is 19.6 Å². The lowest BCUT2D eigenvalue weighted by Gasteiger charge is -2.29. The van der Waals surface area contributed by atoms with Crippen molar-refractivity contribution in [1.82, 2.24) is 20.9 Å². The van der Waals surface area contributed by atoms with Crippen LogP contribution in [-0.2, 0) is 4.79 Å². The highest BCUT2D eigenvalue weighted by molar-refractivity contribution is 5.96. The van der Waals surface area contributed by atoms with E-state index in [1.165, 1.54) is 13.5 Å². The van der Waals surface area contributed by atoms with Gasteiger partial charge < -0.3 is 10.6 Å². The lowest BCUT2D eigenvalue weighted by molar-refractivity contribution is -0.124. The number of imide groups is 1. The Bertz CT molecular complexity index is 290. The van der Waals surface area contributed by atoms with Crippen molar-refractivity contribution < 1.29 is 9.59 Å². The van der Waals surface area contributed by atoms with Crippen LogP contribution in [0.4, 0.5) is 4.79 Å². The van der Waals surface area contributed by atoms with E-state index < -0.39 is 6.03 Å². The lowest BCUT2D eigenvalue weighted by atomic mass is 10.1. The molecular formula is C12H24N4O2. The van der Waals surface area contributed by atoms with Crippen LogP contribution in [0.1, 0.15) is 26.7 Å². The molecule has 0 spiro atoms. The molecule has 2 unspecified atom stereocenters. The normalized spacial score (nSPS) is 20.8. The van der Waals surface area contributed by atoms with Gasteiger partial charge in [-0.25, -0.2) is 4.79 Å². The Hall–Kier alpha value is -1.14. The van der Waals surface area contributed by atoms with Crippen molar-refractivity contribution in [2.24, 2.45) is 0 Å². The summed E-state index contributed by atoms with van der Waals surface area (Å²) in [7, 11) is 1.49. The van der Waals surface area contributed by atoms with Crippen molar-refractivity contribution in [1.29, 1.82) is 0 Å². The number of nitrogens with one attached hydrogen (secondary N) is 3. The van der Waals surface area contributed by atoms with E-state index in [1.54, 1.807) is 0 Å². The van der Waals surface area contributed by atoms with E-state index >= 15 is 0 Å². The molecule has 0 aromatic heterocycles. The molecule has 1 saturated heterocycles. The summed E-state index contributed by atoms with van der Waals surface area (Å²) in [4.78, 5) is 25.0. The van der Waals surface area contributed by atoms with E-state index in [2.05, 4.69) is 20.9 Å². The molecule has 1 heterocycles. The molecule has 0 bridgehead atoms. The molecule has 1 fully saturated rings. The van der Waals surface area contributed by atoms with E-state index in [9.17, 15) is 9.59 Å². The van der Waals surface area contributed by atoms with Gasteiger partial charge in [0.05, 0.1) is 6.04 Å². The standard InChI is InChI=1S/C12H24N4O2/c1-4-16(8-10-6-5-7-14-10)9(2)11(17)15-12(18)13-3/h9-10,14H,4-8H2,1-3H3,(H2,13,15,17,18). The maximum atomic E-state index is 11.9. The van der Waals surface area contributed by atoms with Crippen molar-refractivity contribution in [3.05, 3.63) is 0 Å². The summed E-state index contributed by atoms with van der Waals surface area (Å²) >= 11 is 0. The average Bonchev–Trinajstić information content (AvgIpc) is 2.87. The fourth-order valence-corrected chi connectivity index (χ4v) is 2.20. The first-order chi connectivity index (χ1) is 8.58. The average molecular weight is 256 g/mol. The topological polar surface area (TPSA) is 73.5 Å². The lowest BCUT2D eigenvalue weighted by Crippen LogP contribution is -2.51. The summed E-state index contributed by atoms with van der Waals surface area (Å²) in [5.74, 6) is -0.255. The molecule has 104 valence electrons. The van der Waals surface area contributed by atoms with E-state index in [1.807, 2.05) is 13.8 Å². The number of hydrogen-bond donors (Lipinski definition) is 3. The molecule has 6 nitrogen and oxygen atoms in total. The molecule has 1 rings (SSSR count). The molecule has 1 aliphatic rings. The zero-order valence-electron chi connectivity index (χ0n) is 11.5. The van der Waals surface area contributed by atoms with Gasteiger partial charge in [-0.1, -0.05) is 6.92 Å². The Labute approximate surface area is 108 Å². The highest BCUT2D eigenvalue weighted by Gasteiger charge is 2.25. The van der Waals surface area contributed by atoms with Crippen molar-refractivity contribution >= 4 is 11.9 Å². The van der Waals surface area contributed by atoms with Crippen molar-refractivity contribution in [3.63, 3.8) is 0 Å². The fourth-order valence-electron chi connectivity index (χ4n) is 2.20. The first kappa shape index (κ1) is 14.9. The monoisotopic (exact) mass is 256 g/mol. The fraction of sp³-hybridized carbons (Fsp3) is 0.833. The van der Waals surface area contributed by atoms with Crippen LogP contribution >= 0.6 is 0 Å². The second kappa shape index (κ2) is 7.33. The van der Waals surface area contributed by atoms with Gasteiger partial charge in [-0.15, -0.1) is 0 Å². The number of nitrogens with zero attached hydrogens (tertiary/aromatic N) is 1. The number of hydrogen-bond acceptors (Lipinski definition) is 4. The van der Waals surface area contributed by atoms with Gasteiger partial charge in [0.15, 0.2) is 0 Å². The summed E-state index contributed by atoms with van der Waals surface area (Å²) in [6.07, 6.45) is 2.35. The van der Waals surface area contributed by atoms with Gasteiger partial charge in [0.1, 0.15) is 0 Å². The third kappa shape index (κ3) is 4.27. The van der Waals surface area contributed by atoms with Gasteiger partial charge in [-0.2, -0.15) is 0 Å². The van der Waals surface area contributed by atoms with Gasteiger partial charge >= 0.3 is 6.03 Å². The van der Waals surface area contributed by atoms with Crippen LogP contribution in [0, 0.1) is 0 Å². The summed E-state index contributed by atoms with van der Waals surface area (Å²) in [6.45, 7) is 6.55. The number of amides is 3. The molecule has 0 radical (unpaired) electrons. The molecule has 0 aromatic rings. The Morgan fingerprint density at radius 2 is 2.22 bits per heavy atom. The molecule has 0 aliphatic carbocycles. The van der Waals surface area contributed by atoms with Gasteiger partial charge in [0.2, 0.25) is 5.91 Å². The van der Waals surface area contributed by atoms with Gasteiger partial charge in [-0.05, 0) is 32.9 Å². The number of carbonyl (C=O) groups is 2. The van der Waals surface area contributed by atoms with Crippen LogP contribution in [0.25, 0.3) is 0 Å². The van der Waals surface area contributed by atoms with Crippen LogP contribution in [-0.4, -0.2) is 55.6 Å². The van der Waals surface area contributed by atoms with E-state index in [4.69, 9.17) is 0 Å². The van der Waals surface area contributed by atoms with Crippen LogP contribution in [0.15, 0.2) is 0 Å². The van der Waals surface area contributed by atoms with Crippen LogP contribution < -0.4 is 16.0 Å². The van der Waals surface area contributed by atoms with Crippen LogP contribution in [0.5, 0.6) is 0 Å². The van der Waals surface area contributed by atoms with Crippen LogP contribution in [0.2, 0.25) is 0 Å². The number of urea groups is 1. The van der Waals surface area contributed by atoms with Crippen LogP contribution in [0.3, 0.4) is 0 Å². The van der Waals surface area contributed by atoms with Crippen molar-refractivity contribution in [2.45, 2.75) is 38.8 Å². The zero-order valence-corrected chi connectivity index (χ0v) is 11.5. The Morgan fingerprint density at radius 3 is 2.72 bits per heavy atom. The molecular weight excluding hydrogens is 232 g/mol. The second-order valence-corrected chi connectivity index (χ2v) is 4.63. The minimum atomic E-state index is -0.457. The van der Waals surface area contributed by atoms with E-state index in [0.717, 1.165) is 26.1 Å². The Balaban J connectivity index is 2.46. The molecule has 6 heteroatoms. The molecule has 3 N–H and O–H groups in total. The zero-order chi connectivity index (χ0) is 13.5. The molecule has 2 atom stereocenters. The first-order valence-electron chi connectivity index (χ1n) is 6.58. The van der Waals surface area contributed by atoms with Gasteiger partial charge in [-0.3, -0.25) is 15.0 Å². The minimum Gasteiger partial charge on any atom is -0.341 e. The summed E-state index contributed by atoms with van der Waals surface area (Å²) in [5, 5.41) is 8.11. The van der Waals surface area contributed by atoms with Crippen molar-refractivity contribution in [2.75, 3.05) is 26.7 Å². The number of rotatable bonds is 5. The Morgan fingerprint density at radius 1 is 1.50 bits per heavy atom. The summed E-state index contributed by atoms with van der Waals surface area (Å²) < 4.78 is 0. The molecule has 1 aliphatic heterocycles. The third-order valence-corrected chi connectivity index (χ3v) is 3.41. The maximum Gasteiger partial charge on any atom is 0.321 e. The van der Waals surface area contributed by atoms with Gasteiger partial charge in [0.25, 0.3) is 0 Å². The number of likely N-dealkylation sites (N-methyl/N-ethyl adjacent to an activating group) is 1.